The Morgan fingerprint density at radius 1 is 1.22 bits per heavy atom. The highest BCUT2D eigenvalue weighted by atomic mass is 32.2. The highest BCUT2D eigenvalue weighted by Gasteiger charge is 2.22. The van der Waals surface area contributed by atoms with Gasteiger partial charge in [-0.25, -0.2) is 13.1 Å². The quantitative estimate of drug-likeness (QED) is 0.869. The first kappa shape index (κ1) is 13.5. The second-order valence-corrected chi connectivity index (χ2v) is 6.60. The first-order chi connectivity index (χ1) is 8.49. The first-order valence-electron chi connectivity index (χ1n) is 6.29. The average molecular weight is 268 g/mol. The molecule has 0 unspecified atom stereocenters. The molecule has 18 heavy (non-hydrogen) atoms. The Hall–Kier alpha value is -0.910. The molecule has 0 aromatic heterocycles. The van der Waals surface area contributed by atoms with Gasteiger partial charge in [0, 0.05) is 6.04 Å². The van der Waals surface area contributed by atoms with Gasteiger partial charge in [-0.2, -0.15) is 0 Å². The van der Waals surface area contributed by atoms with Crippen LogP contribution in [0, 0.1) is 13.8 Å². The summed E-state index contributed by atoms with van der Waals surface area (Å²) in [5.41, 5.74) is 1.76. The van der Waals surface area contributed by atoms with Gasteiger partial charge in [-0.05, 0) is 57.0 Å². The van der Waals surface area contributed by atoms with E-state index in [4.69, 9.17) is 0 Å². The van der Waals surface area contributed by atoms with E-state index in [-0.39, 0.29) is 6.04 Å². The van der Waals surface area contributed by atoms with E-state index in [1.54, 1.807) is 6.07 Å². The monoisotopic (exact) mass is 268 g/mol. The fraction of sp³-hybridized carbons (Fsp3) is 0.538. The minimum absolute atomic E-state index is 0.0520. The molecule has 1 aliphatic rings. The first-order valence-corrected chi connectivity index (χ1v) is 7.78. The number of rotatable bonds is 3. The molecule has 2 rings (SSSR count). The molecule has 0 atom stereocenters. The van der Waals surface area contributed by atoms with Crippen LogP contribution in [0.5, 0.6) is 0 Å². The van der Waals surface area contributed by atoms with Crippen LogP contribution in [0.1, 0.15) is 24.0 Å². The Morgan fingerprint density at radius 2 is 1.89 bits per heavy atom. The molecule has 4 nitrogen and oxygen atoms in total. The molecule has 2 N–H and O–H groups in total. The molecule has 1 fully saturated rings. The number of benzene rings is 1. The number of sulfonamides is 1. The van der Waals surface area contributed by atoms with Gasteiger partial charge in [-0.15, -0.1) is 0 Å². The predicted molar refractivity (Wildman–Crippen MR) is 72.1 cm³/mol. The highest BCUT2D eigenvalue weighted by molar-refractivity contribution is 7.89. The minimum Gasteiger partial charge on any atom is -0.317 e. The van der Waals surface area contributed by atoms with Crippen LogP contribution >= 0.6 is 0 Å². The van der Waals surface area contributed by atoms with E-state index in [0.717, 1.165) is 37.1 Å². The number of hydrogen-bond donors (Lipinski definition) is 2. The van der Waals surface area contributed by atoms with E-state index >= 15 is 0 Å². The minimum atomic E-state index is -3.39. The summed E-state index contributed by atoms with van der Waals surface area (Å²) < 4.78 is 27.5. The fourth-order valence-corrected chi connectivity index (χ4v) is 3.85. The molecule has 0 aliphatic carbocycles. The molecule has 1 aliphatic heterocycles. The summed E-state index contributed by atoms with van der Waals surface area (Å²) in [5.74, 6) is 0. The number of nitrogens with one attached hydrogen (secondary N) is 2. The van der Waals surface area contributed by atoms with Crippen molar-refractivity contribution in [1.82, 2.24) is 10.0 Å². The molecule has 0 radical (unpaired) electrons. The van der Waals surface area contributed by atoms with Crippen molar-refractivity contribution in [2.24, 2.45) is 0 Å². The maximum atomic E-state index is 12.3. The van der Waals surface area contributed by atoms with Crippen LogP contribution in [0.25, 0.3) is 0 Å². The molecule has 0 spiro atoms. The van der Waals surface area contributed by atoms with Crippen molar-refractivity contribution in [2.45, 2.75) is 37.6 Å². The SMILES string of the molecule is Cc1ccc(C)c(S(=O)(=O)NC2CCNCC2)c1. The van der Waals surface area contributed by atoms with E-state index in [9.17, 15) is 8.42 Å². The summed E-state index contributed by atoms with van der Waals surface area (Å²) >= 11 is 0. The predicted octanol–water partition coefficient (Wildman–Crippen LogP) is 1.33. The summed E-state index contributed by atoms with van der Waals surface area (Å²) in [4.78, 5) is 0.404. The number of hydrogen-bond acceptors (Lipinski definition) is 3. The molecular formula is C13H20N2O2S. The van der Waals surface area contributed by atoms with Crippen molar-refractivity contribution in [3.8, 4) is 0 Å². The van der Waals surface area contributed by atoms with Crippen molar-refractivity contribution in [2.75, 3.05) is 13.1 Å². The van der Waals surface area contributed by atoms with Crippen LogP contribution < -0.4 is 10.0 Å². The Morgan fingerprint density at radius 3 is 2.56 bits per heavy atom. The molecule has 0 amide bonds. The Kier molecular flexibility index (Phi) is 4.04. The third-order valence-corrected chi connectivity index (χ3v) is 4.96. The number of piperidine rings is 1. The van der Waals surface area contributed by atoms with Crippen LogP contribution in [0.3, 0.4) is 0 Å². The number of aryl methyl sites for hydroxylation is 2. The molecule has 1 aromatic rings. The zero-order valence-electron chi connectivity index (χ0n) is 10.9. The van der Waals surface area contributed by atoms with E-state index in [1.165, 1.54) is 0 Å². The van der Waals surface area contributed by atoms with E-state index in [2.05, 4.69) is 10.0 Å². The van der Waals surface area contributed by atoms with Gasteiger partial charge in [0.1, 0.15) is 0 Å². The maximum absolute atomic E-state index is 12.3. The van der Waals surface area contributed by atoms with E-state index < -0.39 is 10.0 Å². The molecule has 0 bridgehead atoms. The lowest BCUT2D eigenvalue weighted by atomic mass is 10.1. The average Bonchev–Trinajstić information content (AvgIpc) is 2.33. The molecule has 1 heterocycles. The van der Waals surface area contributed by atoms with Crippen LogP contribution in [-0.4, -0.2) is 27.5 Å². The van der Waals surface area contributed by atoms with Gasteiger partial charge in [0.05, 0.1) is 4.90 Å². The van der Waals surface area contributed by atoms with Crippen molar-refractivity contribution in [1.29, 1.82) is 0 Å². The standard InChI is InChI=1S/C13H20N2O2S/c1-10-3-4-11(2)13(9-10)18(16,17)15-12-5-7-14-8-6-12/h3-4,9,12,14-15H,5-8H2,1-2H3. The highest BCUT2D eigenvalue weighted by Crippen LogP contribution is 2.18. The van der Waals surface area contributed by atoms with Crippen molar-refractivity contribution in [3.05, 3.63) is 29.3 Å². The lowest BCUT2D eigenvalue weighted by molar-refractivity contribution is 0.427. The third-order valence-electron chi connectivity index (χ3n) is 3.29. The fourth-order valence-electron chi connectivity index (χ4n) is 2.22. The second-order valence-electron chi connectivity index (χ2n) is 4.91. The van der Waals surface area contributed by atoms with Gasteiger partial charge in [0.25, 0.3) is 0 Å². The summed E-state index contributed by atoms with van der Waals surface area (Å²) in [5, 5.41) is 3.23. The van der Waals surface area contributed by atoms with Gasteiger partial charge in [-0.1, -0.05) is 12.1 Å². The Bertz CT molecular complexity index is 520. The van der Waals surface area contributed by atoms with E-state index in [0.29, 0.717) is 4.90 Å². The van der Waals surface area contributed by atoms with Crippen LogP contribution in [0.2, 0.25) is 0 Å². The zero-order chi connectivity index (χ0) is 13.2. The third kappa shape index (κ3) is 3.10. The van der Waals surface area contributed by atoms with Crippen molar-refractivity contribution >= 4 is 10.0 Å². The van der Waals surface area contributed by atoms with Gasteiger partial charge < -0.3 is 5.32 Å². The van der Waals surface area contributed by atoms with Crippen LogP contribution in [0.4, 0.5) is 0 Å². The smallest absolute Gasteiger partial charge is 0.241 e. The molecule has 0 saturated carbocycles. The summed E-state index contributed by atoms with van der Waals surface area (Å²) in [6.07, 6.45) is 1.70. The van der Waals surface area contributed by atoms with Crippen molar-refractivity contribution in [3.63, 3.8) is 0 Å². The summed E-state index contributed by atoms with van der Waals surface area (Å²) in [7, 11) is -3.39. The Balaban J connectivity index is 2.21. The largest absolute Gasteiger partial charge is 0.317 e. The van der Waals surface area contributed by atoms with Gasteiger partial charge >= 0.3 is 0 Å². The lowest BCUT2D eigenvalue weighted by Gasteiger charge is -2.24. The van der Waals surface area contributed by atoms with Gasteiger partial charge in [0.15, 0.2) is 0 Å². The lowest BCUT2D eigenvalue weighted by Crippen LogP contribution is -2.42. The topological polar surface area (TPSA) is 58.2 Å². The second kappa shape index (κ2) is 5.38. The normalized spacial score (nSPS) is 17.9. The van der Waals surface area contributed by atoms with Gasteiger partial charge in [0.2, 0.25) is 10.0 Å². The van der Waals surface area contributed by atoms with Crippen LogP contribution in [-0.2, 0) is 10.0 Å². The molecule has 100 valence electrons. The molecule has 5 heteroatoms. The summed E-state index contributed by atoms with van der Waals surface area (Å²) in [6, 6.07) is 5.57. The molecule has 1 aromatic carbocycles. The molecular weight excluding hydrogens is 248 g/mol. The van der Waals surface area contributed by atoms with E-state index in [1.807, 2.05) is 26.0 Å². The van der Waals surface area contributed by atoms with Crippen LogP contribution in [0.15, 0.2) is 23.1 Å². The Labute approximate surface area is 109 Å². The summed E-state index contributed by atoms with van der Waals surface area (Å²) in [6.45, 7) is 5.49. The maximum Gasteiger partial charge on any atom is 0.241 e. The van der Waals surface area contributed by atoms with Gasteiger partial charge in [-0.3, -0.25) is 0 Å². The molecule has 1 saturated heterocycles. The van der Waals surface area contributed by atoms with Crippen molar-refractivity contribution < 1.29 is 8.42 Å². The zero-order valence-corrected chi connectivity index (χ0v) is 11.7.